The Bertz CT molecular complexity index is 495. The molecule has 2 N–H and O–H groups in total. The topological polar surface area (TPSA) is 81.2 Å². The monoisotopic (exact) mass is 274 g/mol. The Kier molecular flexibility index (Phi) is 4.75. The number of nitrogens with two attached hydrogens (primary N) is 1. The predicted octanol–water partition coefficient (Wildman–Crippen LogP) is 1.29. The zero-order valence-electron chi connectivity index (χ0n) is 11.4. The highest BCUT2D eigenvalue weighted by atomic mass is 32.2. The van der Waals surface area contributed by atoms with Crippen molar-refractivity contribution in [1.82, 2.24) is 14.1 Å². The molecular formula is C11H22N4O2S. The molecule has 0 saturated heterocycles. The summed E-state index contributed by atoms with van der Waals surface area (Å²) in [5, 5.41) is 4.02. The van der Waals surface area contributed by atoms with Crippen LogP contribution in [0.1, 0.15) is 33.6 Å². The van der Waals surface area contributed by atoms with Crippen molar-refractivity contribution in [2.75, 3.05) is 12.8 Å². The first-order chi connectivity index (χ1) is 8.34. The van der Waals surface area contributed by atoms with E-state index in [2.05, 4.69) is 5.10 Å². The standard InChI is InChI=1S/C11H22N4O2S/c1-5-7-15-8-10(11(12)13-15)18(16,17)14(4)9(3)6-2/h8-9H,5-7H2,1-4H3,(H2,12,13). The largest absolute Gasteiger partial charge is 0.381 e. The zero-order valence-corrected chi connectivity index (χ0v) is 12.2. The van der Waals surface area contributed by atoms with Crippen LogP contribution in [0.2, 0.25) is 0 Å². The molecule has 0 aliphatic carbocycles. The fourth-order valence-corrected chi connectivity index (χ4v) is 3.10. The van der Waals surface area contributed by atoms with Gasteiger partial charge in [0.05, 0.1) is 0 Å². The van der Waals surface area contributed by atoms with Crippen LogP contribution in [0.25, 0.3) is 0 Å². The van der Waals surface area contributed by atoms with E-state index in [1.807, 2.05) is 20.8 Å². The third-order valence-corrected chi connectivity index (χ3v) is 5.06. The van der Waals surface area contributed by atoms with Crippen LogP contribution >= 0.6 is 0 Å². The fourth-order valence-electron chi connectivity index (χ4n) is 1.61. The third kappa shape index (κ3) is 2.84. The molecule has 0 fully saturated rings. The summed E-state index contributed by atoms with van der Waals surface area (Å²) in [5.41, 5.74) is 5.70. The van der Waals surface area contributed by atoms with E-state index in [0.29, 0.717) is 6.54 Å². The summed E-state index contributed by atoms with van der Waals surface area (Å²) in [7, 11) is -1.98. The van der Waals surface area contributed by atoms with Crippen molar-refractivity contribution >= 4 is 15.8 Å². The van der Waals surface area contributed by atoms with E-state index < -0.39 is 10.0 Å². The number of anilines is 1. The second kappa shape index (κ2) is 5.71. The Labute approximate surface area is 109 Å². The van der Waals surface area contributed by atoms with Crippen molar-refractivity contribution in [2.24, 2.45) is 0 Å². The van der Waals surface area contributed by atoms with Gasteiger partial charge in [-0.1, -0.05) is 13.8 Å². The molecule has 0 amide bonds. The highest BCUT2D eigenvalue weighted by molar-refractivity contribution is 7.89. The van der Waals surface area contributed by atoms with Crippen LogP contribution in [0.15, 0.2) is 11.1 Å². The minimum Gasteiger partial charge on any atom is -0.381 e. The van der Waals surface area contributed by atoms with Gasteiger partial charge in [-0.15, -0.1) is 0 Å². The van der Waals surface area contributed by atoms with Gasteiger partial charge in [-0.25, -0.2) is 8.42 Å². The summed E-state index contributed by atoms with van der Waals surface area (Å²) in [4.78, 5) is 0.0961. The highest BCUT2D eigenvalue weighted by Gasteiger charge is 2.28. The lowest BCUT2D eigenvalue weighted by Crippen LogP contribution is -2.34. The average molecular weight is 274 g/mol. The van der Waals surface area contributed by atoms with Gasteiger partial charge in [0, 0.05) is 25.8 Å². The normalized spacial score (nSPS) is 14.1. The second-order valence-corrected chi connectivity index (χ2v) is 6.39. The SMILES string of the molecule is CCCn1cc(S(=O)(=O)N(C)C(C)CC)c(N)n1. The molecule has 1 unspecified atom stereocenters. The first kappa shape index (κ1) is 15.0. The predicted molar refractivity (Wildman–Crippen MR) is 71.6 cm³/mol. The van der Waals surface area contributed by atoms with E-state index in [1.54, 1.807) is 11.7 Å². The molecule has 1 aromatic heterocycles. The number of nitrogens with zero attached hydrogens (tertiary/aromatic N) is 3. The summed E-state index contributed by atoms with van der Waals surface area (Å²) >= 11 is 0. The maximum absolute atomic E-state index is 12.4. The van der Waals surface area contributed by atoms with Crippen LogP contribution in [-0.2, 0) is 16.6 Å². The van der Waals surface area contributed by atoms with Crippen LogP contribution in [0, 0.1) is 0 Å². The molecule has 0 aliphatic heterocycles. The number of aromatic nitrogens is 2. The van der Waals surface area contributed by atoms with Gasteiger partial charge >= 0.3 is 0 Å². The first-order valence-corrected chi connectivity index (χ1v) is 7.59. The van der Waals surface area contributed by atoms with Crippen molar-refractivity contribution in [3.8, 4) is 0 Å². The molecule has 0 aromatic carbocycles. The lowest BCUT2D eigenvalue weighted by atomic mass is 10.3. The molecule has 0 radical (unpaired) electrons. The number of hydrogen-bond donors (Lipinski definition) is 1. The van der Waals surface area contributed by atoms with Gasteiger partial charge in [0.1, 0.15) is 4.90 Å². The maximum atomic E-state index is 12.4. The fraction of sp³-hybridized carbons (Fsp3) is 0.727. The molecule has 1 aromatic rings. The van der Waals surface area contributed by atoms with E-state index in [0.717, 1.165) is 12.8 Å². The van der Waals surface area contributed by atoms with Crippen molar-refractivity contribution in [3.63, 3.8) is 0 Å². The Morgan fingerprint density at radius 3 is 2.61 bits per heavy atom. The van der Waals surface area contributed by atoms with Gasteiger partial charge < -0.3 is 5.73 Å². The van der Waals surface area contributed by atoms with E-state index in [-0.39, 0.29) is 16.8 Å². The van der Waals surface area contributed by atoms with Crippen LogP contribution < -0.4 is 5.73 Å². The molecule has 6 nitrogen and oxygen atoms in total. The van der Waals surface area contributed by atoms with Crippen molar-refractivity contribution in [1.29, 1.82) is 0 Å². The molecule has 0 bridgehead atoms. The second-order valence-electron chi connectivity index (χ2n) is 4.42. The number of rotatable bonds is 6. The Hall–Kier alpha value is -1.08. The molecule has 0 spiro atoms. The summed E-state index contributed by atoms with van der Waals surface area (Å²) in [6.45, 7) is 6.47. The van der Waals surface area contributed by atoms with E-state index in [1.165, 1.54) is 10.5 Å². The Morgan fingerprint density at radius 2 is 2.11 bits per heavy atom. The first-order valence-electron chi connectivity index (χ1n) is 6.15. The minimum atomic E-state index is -3.55. The smallest absolute Gasteiger partial charge is 0.248 e. The van der Waals surface area contributed by atoms with Gasteiger partial charge in [0.25, 0.3) is 0 Å². The van der Waals surface area contributed by atoms with Gasteiger partial charge in [-0.3, -0.25) is 4.68 Å². The van der Waals surface area contributed by atoms with Crippen LogP contribution in [0.3, 0.4) is 0 Å². The quantitative estimate of drug-likeness (QED) is 0.847. The van der Waals surface area contributed by atoms with Crippen molar-refractivity contribution < 1.29 is 8.42 Å². The third-order valence-electron chi connectivity index (χ3n) is 3.08. The molecular weight excluding hydrogens is 252 g/mol. The molecule has 104 valence electrons. The van der Waals surface area contributed by atoms with E-state index in [4.69, 9.17) is 5.73 Å². The van der Waals surface area contributed by atoms with Gasteiger partial charge in [0.15, 0.2) is 5.82 Å². The highest BCUT2D eigenvalue weighted by Crippen LogP contribution is 2.22. The molecule has 0 aliphatic rings. The maximum Gasteiger partial charge on any atom is 0.248 e. The zero-order chi connectivity index (χ0) is 13.9. The summed E-state index contributed by atoms with van der Waals surface area (Å²) < 4.78 is 27.6. The molecule has 18 heavy (non-hydrogen) atoms. The Balaban J connectivity index is 3.12. The molecule has 1 atom stereocenters. The van der Waals surface area contributed by atoms with E-state index in [9.17, 15) is 8.42 Å². The number of nitrogen functional groups attached to an aromatic ring is 1. The summed E-state index contributed by atoms with van der Waals surface area (Å²) in [6, 6.07) is -0.0658. The van der Waals surface area contributed by atoms with Crippen LogP contribution in [-0.4, -0.2) is 35.6 Å². The molecule has 7 heteroatoms. The average Bonchev–Trinajstić information content (AvgIpc) is 2.69. The Morgan fingerprint density at radius 1 is 1.50 bits per heavy atom. The lowest BCUT2D eigenvalue weighted by molar-refractivity contribution is 0.381. The summed E-state index contributed by atoms with van der Waals surface area (Å²) in [6.07, 6.45) is 3.13. The molecule has 1 heterocycles. The van der Waals surface area contributed by atoms with Crippen LogP contribution in [0.5, 0.6) is 0 Å². The van der Waals surface area contributed by atoms with E-state index >= 15 is 0 Å². The number of hydrogen-bond acceptors (Lipinski definition) is 4. The van der Waals surface area contributed by atoms with Crippen molar-refractivity contribution in [3.05, 3.63) is 6.20 Å². The minimum absolute atomic E-state index is 0.0658. The number of sulfonamides is 1. The lowest BCUT2D eigenvalue weighted by Gasteiger charge is -2.22. The van der Waals surface area contributed by atoms with Crippen molar-refractivity contribution in [2.45, 2.75) is 51.1 Å². The van der Waals surface area contributed by atoms with Crippen LogP contribution in [0.4, 0.5) is 5.82 Å². The molecule has 0 saturated carbocycles. The summed E-state index contributed by atoms with van der Waals surface area (Å²) in [5.74, 6) is 0.0682. The van der Waals surface area contributed by atoms with Gasteiger partial charge in [0.2, 0.25) is 10.0 Å². The number of aryl methyl sites for hydroxylation is 1. The molecule has 1 rings (SSSR count). The van der Waals surface area contributed by atoms with Gasteiger partial charge in [-0.05, 0) is 19.8 Å². The van der Waals surface area contributed by atoms with Gasteiger partial charge in [-0.2, -0.15) is 9.40 Å².